The van der Waals surface area contributed by atoms with Gasteiger partial charge in [-0.3, -0.25) is 4.48 Å². The molecule has 0 saturated heterocycles. The SMILES string of the molecule is CCCCCCCCCCCC[N+](C)(CC)C(=O)CN.[Br-]. The zero-order valence-electron chi connectivity index (χ0n) is 14.5. The van der Waals surface area contributed by atoms with Crippen LogP contribution >= 0.6 is 0 Å². The molecular formula is C17H37BrN2O. The van der Waals surface area contributed by atoms with Crippen molar-refractivity contribution in [3.8, 4) is 0 Å². The summed E-state index contributed by atoms with van der Waals surface area (Å²) in [5, 5.41) is 0. The molecule has 21 heavy (non-hydrogen) atoms. The predicted octanol–water partition coefficient (Wildman–Crippen LogP) is 0.863. The van der Waals surface area contributed by atoms with Gasteiger partial charge in [-0.15, -0.1) is 0 Å². The Morgan fingerprint density at radius 1 is 0.857 bits per heavy atom. The summed E-state index contributed by atoms with van der Waals surface area (Å²) in [4.78, 5) is 11.8. The largest absolute Gasteiger partial charge is 1.00 e. The Hall–Kier alpha value is 0.0700. The molecule has 0 aromatic carbocycles. The fraction of sp³-hybridized carbons (Fsp3) is 0.941. The van der Waals surface area contributed by atoms with Gasteiger partial charge < -0.3 is 22.7 Å². The van der Waals surface area contributed by atoms with Gasteiger partial charge in [0.15, 0.2) is 0 Å². The summed E-state index contributed by atoms with van der Waals surface area (Å²) in [5.41, 5.74) is 5.49. The molecule has 0 aliphatic rings. The molecule has 1 amide bonds. The first-order chi connectivity index (χ1) is 9.60. The van der Waals surface area contributed by atoms with E-state index >= 15 is 0 Å². The van der Waals surface area contributed by atoms with Crippen LogP contribution in [-0.2, 0) is 4.79 Å². The zero-order chi connectivity index (χ0) is 15.3. The fourth-order valence-corrected chi connectivity index (χ4v) is 2.63. The van der Waals surface area contributed by atoms with Crippen molar-refractivity contribution in [1.29, 1.82) is 0 Å². The van der Waals surface area contributed by atoms with Gasteiger partial charge in [-0.2, -0.15) is 0 Å². The summed E-state index contributed by atoms with van der Waals surface area (Å²) < 4.78 is 0.507. The normalized spacial score (nSPS) is 13.5. The van der Waals surface area contributed by atoms with Crippen molar-refractivity contribution in [2.45, 2.75) is 78.1 Å². The van der Waals surface area contributed by atoms with E-state index in [9.17, 15) is 4.79 Å². The second-order valence-electron chi connectivity index (χ2n) is 6.22. The number of amides is 1. The molecule has 0 spiro atoms. The minimum Gasteiger partial charge on any atom is -1.00 e. The van der Waals surface area contributed by atoms with Crippen molar-refractivity contribution in [2.75, 3.05) is 26.7 Å². The number of hydrogen-bond donors (Lipinski definition) is 1. The molecule has 0 heterocycles. The lowest BCUT2D eigenvalue weighted by molar-refractivity contribution is -0.832. The topological polar surface area (TPSA) is 43.1 Å². The molecule has 0 aromatic heterocycles. The van der Waals surface area contributed by atoms with Gasteiger partial charge in [0.05, 0.1) is 20.1 Å². The molecular weight excluding hydrogens is 328 g/mol. The highest BCUT2D eigenvalue weighted by Crippen LogP contribution is 2.12. The van der Waals surface area contributed by atoms with E-state index in [1.54, 1.807) is 0 Å². The summed E-state index contributed by atoms with van der Waals surface area (Å²) in [7, 11) is 2.02. The van der Waals surface area contributed by atoms with E-state index in [1.165, 1.54) is 57.8 Å². The first kappa shape index (κ1) is 23.3. The van der Waals surface area contributed by atoms with Crippen LogP contribution in [0, 0.1) is 0 Å². The first-order valence-electron chi connectivity index (χ1n) is 8.68. The number of carbonyl (C=O) groups is 1. The highest BCUT2D eigenvalue weighted by atomic mass is 79.9. The molecule has 1 atom stereocenters. The Bertz CT molecular complexity index is 249. The summed E-state index contributed by atoms with van der Waals surface area (Å²) in [6.45, 7) is 6.31. The predicted molar refractivity (Wildman–Crippen MR) is 87.5 cm³/mol. The molecule has 0 bridgehead atoms. The molecule has 3 nitrogen and oxygen atoms in total. The van der Waals surface area contributed by atoms with Gasteiger partial charge in [-0.1, -0.05) is 58.3 Å². The van der Waals surface area contributed by atoms with Gasteiger partial charge in [0, 0.05) is 0 Å². The lowest BCUT2D eigenvalue weighted by Crippen LogP contribution is -3.00. The number of carbonyl (C=O) groups excluding carboxylic acids is 1. The lowest BCUT2D eigenvalue weighted by Gasteiger charge is -2.30. The van der Waals surface area contributed by atoms with Crippen LogP contribution in [0.4, 0.5) is 0 Å². The van der Waals surface area contributed by atoms with Crippen LogP contribution in [0.3, 0.4) is 0 Å². The Morgan fingerprint density at radius 2 is 1.29 bits per heavy atom. The Kier molecular flexibility index (Phi) is 16.7. The van der Waals surface area contributed by atoms with Gasteiger partial charge in [0.25, 0.3) is 0 Å². The van der Waals surface area contributed by atoms with Crippen molar-refractivity contribution in [3.05, 3.63) is 0 Å². The van der Waals surface area contributed by atoms with E-state index in [4.69, 9.17) is 5.73 Å². The maximum atomic E-state index is 11.8. The van der Waals surface area contributed by atoms with Gasteiger partial charge >= 0.3 is 5.91 Å². The zero-order valence-corrected chi connectivity index (χ0v) is 16.1. The molecule has 0 saturated carbocycles. The van der Waals surface area contributed by atoms with E-state index < -0.39 is 0 Å². The molecule has 128 valence electrons. The number of hydrogen-bond acceptors (Lipinski definition) is 2. The van der Waals surface area contributed by atoms with Crippen LogP contribution in [0.15, 0.2) is 0 Å². The van der Waals surface area contributed by atoms with Gasteiger partial charge in [0.1, 0.15) is 6.54 Å². The van der Waals surface area contributed by atoms with E-state index in [-0.39, 0.29) is 29.4 Å². The molecule has 0 aliphatic carbocycles. The molecule has 0 fully saturated rings. The number of rotatable bonds is 13. The van der Waals surface area contributed by atoms with Crippen LogP contribution < -0.4 is 22.7 Å². The maximum absolute atomic E-state index is 11.8. The van der Waals surface area contributed by atoms with Crippen LogP contribution in [-0.4, -0.2) is 37.1 Å². The third-order valence-corrected chi connectivity index (χ3v) is 4.48. The monoisotopic (exact) mass is 364 g/mol. The molecule has 0 rings (SSSR count). The average Bonchev–Trinajstić information content (AvgIpc) is 2.48. The third kappa shape index (κ3) is 11.3. The van der Waals surface area contributed by atoms with Crippen LogP contribution in [0.5, 0.6) is 0 Å². The number of nitrogens with two attached hydrogens (primary N) is 1. The number of nitrogens with zero attached hydrogens (tertiary/aromatic N) is 1. The van der Waals surface area contributed by atoms with Gasteiger partial charge in [0.2, 0.25) is 0 Å². The summed E-state index contributed by atoms with van der Waals surface area (Å²) >= 11 is 0. The Labute approximate surface area is 143 Å². The van der Waals surface area contributed by atoms with Crippen molar-refractivity contribution in [3.63, 3.8) is 0 Å². The molecule has 4 heteroatoms. The Morgan fingerprint density at radius 3 is 1.67 bits per heavy atom. The minimum atomic E-state index is 0. The van der Waals surface area contributed by atoms with Crippen molar-refractivity contribution in [1.82, 2.24) is 0 Å². The van der Waals surface area contributed by atoms with E-state index in [0.29, 0.717) is 4.48 Å². The summed E-state index contributed by atoms with van der Waals surface area (Å²) in [6.07, 6.45) is 13.4. The third-order valence-electron chi connectivity index (χ3n) is 4.48. The van der Waals surface area contributed by atoms with Crippen molar-refractivity contribution >= 4 is 5.91 Å². The number of halogens is 1. The molecule has 0 radical (unpaired) electrons. The molecule has 0 aromatic rings. The standard InChI is InChI=1S/C17H37N2O.BrH/c1-4-6-7-8-9-10-11-12-13-14-15-19(3,5-2)17(20)16-18;/h4-16,18H2,1-3H3;1H/q+1;/p-1. The molecule has 2 N–H and O–H groups in total. The second kappa shape index (κ2) is 15.0. The Balaban J connectivity index is 0. The minimum absolute atomic E-state index is 0. The van der Waals surface area contributed by atoms with E-state index in [2.05, 4.69) is 13.8 Å². The van der Waals surface area contributed by atoms with Gasteiger partial charge in [-0.25, -0.2) is 4.79 Å². The maximum Gasteiger partial charge on any atom is 0.327 e. The van der Waals surface area contributed by atoms with E-state index in [0.717, 1.165) is 19.5 Å². The second-order valence-corrected chi connectivity index (χ2v) is 6.22. The van der Waals surface area contributed by atoms with Crippen molar-refractivity contribution in [2.24, 2.45) is 5.73 Å². The van der Waals surface area contributed by atoms with Gasteiger partial charge in [-0.05, 0) is 19.8 Å². The molecule has 0 aliphatic heterocycles. The van der Waals surface area contributed by atoms with Crippen LogP contribution in [0.1, 0.15) is 78.1 Å². The highest BCUT2D eigenvalue weighted by Gasteiger charge is 2.27. The molecule has 1 unspecified atom stereocenters. The summed E-state index contributed by atoms with van der Waals surface area (Å²) in [5.74, 6) is 0.170. The number of unbranched alkanes of at least 4 members (excludes halogenated alkanes) is 9. The number of likely N-dealkylation sites (N-methyl/N-ethyl adjacent to an activating group) is 1. The smallest absolute Gasteiger partial charge is 0.327 e. The fourth-order valence-electron chi connectivity index (χ4n) is 2.63. The lowest BCUT2D eigenvalue weighted by atomic mass is 10.1. The van der Waals surface area contributed by atoms with E-state index in [1.807, 2.05) is 7.05 Å². The average molecular weight is 365 g/mol. The quantitative estimate of drug-likeness (QED) is 0.389. The van der Waals surface area contributed by atoms with Crippen LogP contribution in [0.2, 0.25) is 0 Å². The summed E-state index contributed by atoms with van der Waals surface area (Å²) in [6, 6.07) is 0. The first-order valence-corrected chi connectivity index (χ1v) is 8.68. The van der Waals surface area contributed by atoms with Crippen molar-refractivity contribution < 1.29 is 26.3 Å². The van der Waals surface area contributed by atoms with Crippen LogP contribution in [0.25, 0.3) is 0 Å². The highest BCUT2D eigenvalue weighted by molar-refractivity contribution is 5.70. The number of quaternary nitrogens is 1.